The van der Waals surface area contributed by atoms with Crippen molar-refractivity contribution >= 4 is 29.1 Å². The number of hydrogen-bond donors (Lipinski definition) is 3. The van der Waals surface area contributed by atoms with E-state index in [-0.39, 0.29) is 0 Å². The van der Waals surface area contributed by atoms with Crippen molar-refractivity contribution in [3.63, 3.8) is 0 Å². The van der Waals surface area contributed by atoms with Gasteiger partial charge in [-0.05, 0) is 23.9 Å². The van der Waals surface area contributed by atoms with Gasteiger partial charge < -0.3 is 5.11 Å². The summed E-state index contributed by atoms with van der Waals surface area (Å²) in [6.07, 6.45) is 1.49. The van der Waals surface area contributed by atoms with E-state index in [4.69, 9.17) is 5.11 Å². The topological polar surface area (TPSA) is 95.5 Å². The lowest BCUT2D eigenvalue weighted by molar-refractivity contribution is -0.131. The molecule has 0 aliphatic rings. The number of hydrogen-bond acceptors (Lipinski definition) is 4. The van der Waals surface area contributed by atoms with Crippen molar-refractivity contribution in [3.8, 4) is 0 Å². The molecule has 0 aliphatic carbocycles. The van der Waals surface area contributed by atoms with Gasteiger partial charge in [-0.3, -0.25) is 20.4 Å². The first-order chi connectivity index (χ1) is 8.00. The molecule has 0 spiro atoms. The highest BCUT2D eigenvalue weighted by Gasteiger charge is 2.10. The number of amides is 2. The average Bonchev–Trinajstić information content (AvgIpc) is 2.69. The molecule has 0 aromatic carbocycles. The lowest BCUT2D eigenvalue weighted by Gasteiger charge is -2.03. The molecule has 0 saturated carbocycles. The maximum atomic E-state index is 11.5. The summed E-state index contributed by atoms with van der Waals surface area (Å²) in [6, 6.07) is 1.78. The SMILES string of the molecule is Cc1ccsc1C(=O)NNC(=O)C=CC(=O)O. The first kappa shape index (κ1) is 12.9. The molecule has 90 valence electrons. The maximum absolute atomic E-state index is 11.5. The Labute approximate surface area is 101 Å². The van der Waals surface area contributed by atoms with Crippen LogP contribution in [0.3, 0.4) is 0 Å². The summed E-state index contributed by atoms with van der Waals surface area (Å²) in [6.45, 7) is 1.78. The smallest absolute Gasteiger partial charge is 0.328 e. The third-order valence-electron chi connectivity index (χ3n) is 1.74. The number of nitrogens with one attached hydrogen (secondary N) is 2. The van der Waals surface area contributed by atoms with Crippen molar-refractivity contribution in [2.75, 3.05) is 0 Å². The Balaban J connectivity index is 2.47. The van der Waals surface area contributed by atoms with Crippen LogP contribution >= 0.6 is 11.3 Å². The van der Waals surface area contributed by atoms with Crippen molar-refractivity contribution in [1.82, 2.24) is 10.9 Å². The van der Waals surface area contributed by atoms with Gasteiger partial charge in [-0.25, -0.2) is 4.79 Å². The standard InChI is InChI=1S/C10H10N2O4S/c1-6-4-5-17-9(6)10(16)12-11-7(13)2-3-8(14)15/h2-5H,1H3,(H,11,13)(H,12,16)(H,14,15). The van der Waals surface area contributed by atoms with Crippen LogP contribution in [-0.4, -0.2) is 22.9 Å². The summed E-state index contributed by atoms with van der Waals surface area (Å²) in [5.74, 6) is -2.38. The minimum atomic E-state index is -1.24. The third-order valence-corrected chi connectivity index (χ3v) is 2.76. The molecule has 7 heteroatoms. The summed E-state index contributed by atoms with van der Waals surface area (Å²) in [7, 11) is 0. The highest BCUT2D eigenvalue weighted by molar-refractivity contribution is 7.12. The van der Waals surface area contributed by atoms with Gasteiger partial charge in [0.15, 0.2) is 0 Å². The molecule has 0 fully saturated rings. The number of thiophene rings is 1. The van der Waals surface area contributed by atoms with E-state index in [1.165, 1.54) is 11.3 Å². The first-order valence-electron chi connectivity index (χ1n) is 4.56. The van der Waals surface area contributed by atoms with Crippen molar-refractivity contribution in [2.45, 2.75) is 6.92 Å². The van der Waals surface area contributed by atoms with Gasteiger partial charge in [0.1, 0.15) is 0 Å². The lowest BCUT2D eigenvalue weighted by atomic mass is 10.3. The predicted octanol–water partition coefficient (Wildman–Crippen LogP) is 0.458. The van der Waals surface area contributed by atoms with E-state index in [1.807, 2.05) is 0 Å². The zero-order chi connectivity index (χ0) is 12.8. The average molecular weight is 254 g/mol. The fraction of sp³-hybridized carbons (Fsp3) is 0.100. The second-order valence-corrected chi connectivity index (χ2v) is 3.96. The molecule has 2 amide bonds. The second-order valence-electron chi connectivity index (χ2n) is 3.05. The van der Waals surface area contributed by atoms with Gasteiger partial charge in [0.2, 0.25) is 0 Å². The van der Waals surface area contributed by atoms with Crippen LogP contribution in [0.15, 0.2) is 23.6 Å². The van der Waals surface area contributed by atoms with Crippen LogP contribution in [0.25, 0.3) is 0 Å². The number of carbonyl (C=O) groups excluding carboxylic acids is 2. The molecule has 1 rings (SSSR count). The molecule has 0 bridgehead atoms. The van der Waals surface area contributed by atoms with Crippen LogP contribution in [0.1, 0.15) is 15.2 Å². The molecule has 0 unspecified atom stereocenters. The van der Waals surface area contributed by atoms with Crippen molar-refractivity contribution in [1.29, 1.82) is 0 Å². The molecule has 1 aromatic rings. The fourth-order valence-electron chi connectivity index (χ4n) is 0.969. The van der Waals surface area contributed by atoms with Crippen LogP contribution in [-0.2, 0) is 9.59 Å². The number of carboxylic acid groups (broad SMARTS) is 1. The molecule has 1 aromatic heterocycles. The Morgan fingerprint density at radius 1 is 1.29 bits per heavy atom. The molecule has 0 aliphatic heterocycles. The van der Waals surface area contributed by atoms with E-state index in [9.17, 15) is 14.4 Å². The van der Waals surface area contributed by atoms with Crippen molar-refractivity contribution in [2.24, 2.45) is 0 Å². The number of rotatable bonds is 3. The number of aliphatic carboxylic acids is 1. The Hall–Kier alpha value is -2.15. The highest BCUT2D eigenvalue weighted by Crippen LogP contribution is 2.14. The highest BCUT2D eigenvalue weighted by atomic mass is 32.1. The number of carbonyl (C=O) groups is 3. The summed E-state index contributed by atoms with van der Waals surface area (Å²) in [4.78, 5) is 33.2. The van der Waals surface area contributed by atoms with Gasteiger partial charge >= 0.3 is 5.97 Å². The second kappa shape index (κ2) is 5.80. The molecule has 3 N–H and O–H groups in total. The van der Waals surface area contributed by atoms with Gasteiger partial charge in [0.05, 0.1) is 4.88 Å². The minimum Gasteiger partial charge on any atom is -0.478 e. The fourth-order valence-corrected chi connectivity index (χ4v) is 1.79. The molecule has 0 radical (unpaired) electrons. The third kappa shape index (κ3) is 4.07. The molecule has 6 nitrogen and oxygen atoms in total. The number of hydrazine groups is 1. The van der Waals surface area contributed by atoms with Crippen LogP contribution in [0, 0.1) is 6.92 Å². The van der Waals surface area contributed by atoms with E-state index < -0.39 is 17.8 Å². The number of carboxylic acids is 1. The molecule has 0 atom stereocenters. The van der Waals surface area contributed by atoms with E-state index >= 15 is 0 Å². The van der Waals surface area contributed by atoms with E-state index in [0.29, 0.717) is 11.0 Å². The normalized spacial score (nSPS) is 10.2. The van der Waals surface area contributed by atoms with E-state index in [0.717, 1.165) is 11.6 Å². The van der Waals surface area contributed by atoms with E-state index in [1.54, 1.807) is 18.4 Å². The van der Waals surface area contributed by atoms with Gasteiger partial charge in [0.25, 0.3) is 11.8 Å². The lowest BCUT2D eigenvalue weighted by Crippen LogP contribution is -2.40. The van der Waals surface area contributed by atoms with E-state index in [2.05, 4.69) is 10.9 Å². The largest absolute Gasteiger partial charge is 0.478 e. The molecular formula is C10H10N2O4S. The molecular weight excluding hydrogens is 244 g/mol. The monoisotopic (exact) mass is 254 g/mol. The molecule has 0 saturated heterocycles. The summed E-state index contributed by atoms with van der Waals surface area (Å²) in [5.41, 5.74) is 5.06. The number of aryl methyl sites for hydroxylation is 1. The summed E-state index contributed by atoms with van der Waals surface area (Å²) >= 11 is 1.25. The quantitative estimate of drug-likeness (QED) is 0.539. The van der Waals surface area contributed by atoms with Crippen molar-refractivity contribution < 1.29 is 19.5 Å². The maximum Gasteiger partial charge on any atom is 0.328 e. The van der Waals surface area contributed by atoms with Crippen LogP contribution in [0.2, 0.25) is 0 Å². The van der Waals surface area contributed by atoms with Crippen LogP contribution in [0.5, 0.6) is 0 Å². The Kier molecular flexibility index (Phi) is 4.41. The van der Waals surface area contributed by atoms with Crippen LogP contribution in [0.4, 0.5) is 0 Å². The van der Waals surface area contributed by atoms with Gasteiger partial charge in [-0.1, -0.05) is 0 Å². The minimum absolute atomic E-state index is 0.436. The first-order valence-corrected chi connectivity index (χ1v) is 5.44. The van der Waals surface area contributed by atoms with Gasteiger partial charge in [-0.2, -0.15) is 0 Å². The zero-order valence-corrected chi connectivity index (χ0v) is 9.71. The Morgan fingerprint density at radius 3 is 2.53 bits per heavy atom. The molecule has 17 heavy (non-hydrogen) atoms. The van der Waals surface area contributed by atoms with Gasteiger partial charge in [-0.15, -0.1) is 11.3 Å². The Bertz CT molecular complexity index is 478. The van der Waals surface area contributed by atoms with Gasteiger partial charge in [0, 0.05) is 12.2 Å². The zero-order valence-electron chi connectivity index (χ0n) is 8.89. The van der Waals surface area contributed by atoms with Crippen LogP contribution < -0.4 is 10.9 Å². The summed E-state index contributed by atoms with van der Waals surface area (Å²) < 4.78 is 0. The van der Waals surface area contributed by atoms with Crippen molar-refractivity contribution in [3.05, 3.63) is 34.0 Å². The summed E-state index contributed by atoms with van der Waals surface area (Å²) in [5, 5.41) is 10.0. The Morgan fingerprint density at radius 2 is 2.00 bits per heavy atom. The predicted molar refractivity (Wildman–Crippen MR) is 61.4 cm³/mol. The molecule has 1 heterocycles.